The number of anilines is 1. The van der Waals surface area contributed by atoms with Crippen LogP contribution in [-0.2, 0) is 6.18 Å². The number of nitrogens with zero attached hydrogens (tertiary/aromatic N) is 5. The number of fused-ring (bicyclic) bond motifs is 1. The normalized spacial score (nSPS) is 16.6. The molecule has 1 atom stereocenters. The monoisotopic (exact) mass is 481 g/mol. The van der Waals surface area contributed by atoms with Gasteiger partial charge < -0.3 is 15.1 Å². The third-order valence-electron chi connectivity index (χ3n) is 6.07. The Morgan fingerprint density at radius 2 is 1.88 bits per heavy atom. The number of nitrogens with one attached hydrogen (secondary N) is 2. The van der Waals surface area contributed by atoms with Crippen LogP contribution in [0.4, 0.5) is 19.0 Å². The van der Waals surface area contributed by atoms with Gasteiger partial charge in [0.2, 0.25) is 0 Å². The number of halogens is 4. The average Bonchev–Trinajstić information content (AvgIpc) is 3.23. The van der Waals surface area contributed by atoms with E-state index in [1.54, 1.807) is 0 Å². The van der Waals surface area contributed by atoms with Crippen LogP contribution >= 0.6 is 11.6 Å². The molecule has 1 aliphatic rings. The van der Waals surface area contributed by atoms with Crippen LogP contribution in [-0.4, -0.2) is 65.3 Å². The predicted octanol–water partition coefficient (Wildman–Crippen LogP) is 4.13. The molecule has 2 N–H and O–H groups in total. The van der Waals surface area contributed by atoms with Crippen molar-refractivity contribution in [3.63, 3.8) is 0 Å². The minimum Gasteiger partial charge on any atom is -0.356 e. The molecule has 3 heterocycles. The minimum absolute atomic E-state index is 0.0678. The first kappa shape index (κ1) is 23.7. The van der Waals surface area contributed by atoms with Gasteiger partial charge in [-0.15, -0.1) is 0 Å². The van der Waals surface area contributed by atoms with Crippen molar-refractivity contribution >= 4 is 28.5 Å². The zero-order valence-corrected chi connectivity index (χ0v) is 19.3. The predicted molar refractivity (Wildman–Crippen MR) is 122 cm³/mol. The summed E-state index contributed by atoms with van der Waals surface area (Å²) in [7, 11) is 4.07. The number of aromatic amines is 1. The molecule has 0 aliphatic carbocycles. The average molecular weight is 482 g/mol. The molecule has 4 rings (SSSR count). The molecular formula is C22H27ClF3N7. The fraction of sp³-hybridized carbons (Fsp3) is 0.500. The molecular weight excluding hydrogens is 455 g/mol. The topological polar surface area (TPSA) is 73.0 Å². The lowest BCUT2D eigenvalue weighted by Crippen LogP contribution is -2.41. The Kier molecular flexibility index (Phi) is 7.06. The Hall–Kier alpha value is -2.43. The van der Waals surface area contributed by atoms with Gasteiger partial charge in [0.15, 0.2) is 11.3 Å². The van der Waals surface area contributed by atoms with Crippen molar-refractivity contribution in [2.24, 2.45) is 5.92 Å². The van der Waals surface area contributed by atoms with Crippen molar-refractivity contribution in [1.82, 2.24) is 30.4 Å². The first-order chi connectivity index (χ1) is 15.7. The van der Waals surface area contributed by atoms with Gasteiger partial charge in [-0.2, -0.15) is 18.3 Å². The number of likely N-dealkylation sites (N-methyl/N-ethyl adjacent to an activating group) is 1. The highest BCUT2D eigenvalue weighted by Gasteiger charge is 2.39. The maximum atomic E-state index is 13.5. The molecule has 1 aromatic carbocycles. The SMILES string of the molecule is CN(C)CCNC(c1ccc(Cl)cc1)C1CCN(c2ncnc3[nH]nc(C(F)(F)F)c23)CC1. The number of alkyl halides is 3. The lowest BCUT2D eigenvalue weighted by atomic mass is 9.85. The first-order valence-electron chi connectivity index (χ1n) is 10.9. The molecule has 1 aliphatic heterocycles. The molecule has 0 saturated carbocycles. The summed E-state index contributed by atoms with van der Waals surface area (Å²) in [5, 5.41) is 10.1. The molecule has 7 nitrogen and oxygen atoms in total. The highest BCUT2D eigenvalue weighted by Crippen LogP contribution is 2.38. The summed E-state index contributed by atoms with van der Waals surface area (Å²) in [6.07, 6.45) is -1.67. The molecule has 11 heteroatoms. The van der Waals surface area contributed by atoms with Crippen LogP contribution in [0.3, 0.4) is 0 Å². The van der Waals surface area contributed by atoms with Gasteiger partial charge in [-0.1, -0.05) is 23.7 Å². The third kappa shape index (κ3) is 5.39. The summed E-state index contributed by atoms with van der Waals surface area (Å²) >= 11 is 6.08. The van der Waals surface area contributed by atoms with E-state index in [0.29, 0.717) is 24.0 Å². The zero-order valence-electron chi connectivity index (χ0n) is 18.5. The second kappa shape index (κ2) is 9.82. The Balaban J connectivity index is 1.53. The molecule has 1 unspecified atom stereocenters. The maximum Gasteiger partial charge on any atom is 0.435 e. The van der Waals surface area contributed by atoms with Crippen molar-refractivity contribution in [1.29, 1.82) is 0 Å². The van der Waals surface area contributed by atoms with Gasteiger partial charge in [-0.3, -0.25) is 5.10 Å². The fourth-order valence-corrected chi connectivity index (χ4v) is 4.53. The summed E-state index contributed by atoms with van der Waals surface area (Å²) in [5.74, 6) is 0.608. The molecule has 3 aromatic rings. The second-order valence-electron chi connectivity index (χ2n) is 8.60. The number of benzene rings is 1. The van der Waals surface area contributed by atoms with Crippen LogP contribution < -0.4 is 10.2 Å². The smallest absolute Gasteiger partial charge is 0.356 e. The molecule has 2 aromatic heterocycles. The number of hydrogen-bond donors (Lipinski definition) is 2. The van der Waals surface area contributed by atoms with E-state index in [-0.39, 0.29) is 22.9 Å². The molecule has 0 bridgehead atoms. The van der Waals surface area contributed by atoms with Crippen molar-refractivity contribution in [2.45, 2.75) is 25.1 Å². The second-order valence-corrected chi connectivity index (χ2v) is 9.04. The maximum absolute atomic E-state index is 13.5. The summed E-state index contributed by atoms with van der Waals surface area (Å²) in [6, 6.07) is 7.99. The van der Waals surface area contributed by atoms with Crippen molar-refractivity contribution in [2.75, 3.05) is 45.2 Å². The van der Waals surface area contributed by atoms with Crippen molar-refractivity contribution < 1.29 is 13.2 Å². The summed E-state index contributed by atoms with van der Waals surface area (Å²) in [6.45, 7) is 2.93. The highest BCUT2D eigenvalue weighted by molar-refractivity contribution is 6.30. The number of aromatic nitrogens is 4. The van der Waals surface area contributed by atoms with E-state index in [4.69, 9.17) is 11.6 Å². The Morgan fingerprint density at radius 1 is 1.18 bits per heavy atom. The van der Waals surface area contributed by atoms with E-state index in [2.05, 4.69) is 30.4 Å². The first-order valence-corrected chi connectivity index (χ1v) is 11.3. The van der Waals surface area contributed by atoms with E-state index in [1.807, 2.05) is 43.3 Å². The van der Waals surface area contributed by atoms with Gasteiger partial charge >= 0.3 is 6.18 Å². The van der Waals surface area contributed by atoms with Gasteiger partial charge in [-0.05, 0) is 50.6 Å². The molecule has 33 heavy (non-hydrogen) atoms. The molecule has 0 spiro atoms. The Morgan fingerprint density at radius 3 is 2.52 bits per heavy atom. The van der Waals surface area contributed by atoms with Crippen LogP contribution in [0.2, 0.25) is 5.02 Å². The Labute approximate surface area is 195 Å². The van der Waals surface area contributed by atoms with E-state index in [9.17, 15) is 13.2 Å². The van der Waals surface area contributed by atoms with E-state index >= 15 is 0 Å². The summed E-state index contributed by atoms with van der Waals surface area (Å²) in [5.41, 5.74) is 0.286. The lowest BCUT2D eigenvalue weighted by molar-refractivity contribution is -0.139. The number of hydrogen-bond acceptors (Lipinski definition) is 6. The number of rotatable bonds is 7. The van der Waals surface area contributed by atoms with Crippen LogP contribution in [0.5, 0.6) is 0 Å². The van der Waals surface area contributed by atoms with Crippen LogP contribution in [0.25, 0.3) is 11.0 Å². The van der Waals surface area contributed by atoms with Crippen LogP contribution in [0.15, 0.2) is 30.6 Å². The quantitative estimate of drug-likeness (QED) is 0.528. The summed E-state index contributed by atoms with van der Waals surface area (Å²) in [4.78, 5) is 12.2. The van der Waals surface area contributed by atoms with Crippen molar-refractivity contribution in [3.8, 4) is 0 Å². The van der Waals surface area contributed by atoms with Crippen molar-refractivity contribution in [3.05, 3.63) is 46.9 Å². The largest absolute Gasteiger partial charge is 0.435 e. The number of piperidine rings is 1. The van der Waals surface area contributed by atoms with Gasteiger partial charge in [0.1, 0.15) is 12.1 Å². The van der Waals surface area contributed by atoms with E-state index in [0.717, 1.165) is 31.5 Å². The van der Waals surface area contributed by atoms with Gasteiger partial charge in [0.05, 0.1) is 5.39 Å². The fourth-order valence-electron chi connectivity index (χ4n) is 4.40. The zero-order chi connectivity index (χ0) is 23.6. The number of H-pyrrole nitrogens is 1. The van der Waals surface area contributed by atoms with Gasteiger partial charge in [0, 0.05) is 37.2 Å². The standard InChI is InChI=1S/C22H27ClF3N7/c1-32(2)12-9-27-18(14-3-5-16(23)6-4-14)15-7-10-33(11-8-15)21-17-19(22(24,25)26)30-31-20(17)28-13-29-21/h3-6,13,15,18,27H,7-12H2,1-2H3,(H,28,29,30,31). The van der Waals surface area contributed by atoms with Gasteiger partial charge in [0.25, 0.3) is 0 Å². The van der Waals surface area contributed by atoms with Crippen LogP contribution in [0.1, 0.15) is 30.1 Å². The molecule has 0 amide bonds. The summed E-state index contributed by atoms with van der Waals surface area (Å²) < 4.78 is 40.4. The Bertz CT molecular complexity index is 1060. The molecule has 0 radical (unpaired) electrons. The molecule has 1 saturated heterocycles. The third-order valence-corrected chi connectivity index (χ3v) is 6.32. The van der Waals surface area contributed by atoms with Gasteiger partial charge in [-0.25, -0.2) is 9.97 Å². The molecule has 178 valence electrons. The van der Waals surface area contributed by atoms with E-state index < -0.39 is 11.9 Å². The van der Waals surface area contributed by atoms with E-state index in [1.165, 1.54) is 6.33 Å². The molecule has 1 fully saturated rings. The lowest BCUT2D eigenvalue weighted by Gasteiger charge is -2.37. The highest BCUT2D eigenvalue weighted by atomic mass is 35.5. The minimum atomic E-state index is -4.58. The van der Waals surface area contributed by atoms with Crippen LogP contribution in [0, 0.1) is 5.92 Å².